The molecule has 0 unspecified atom stereocenters. The summed E-state index contributed by atoms with van der Waals surface area (Å²) < 4.78 is 26.1. The van der Waals surface area contributed by atoms with Gasteiger partial charge in [-0.3, -0.25) is 4.99 Å². The van der Waals surface area contributed by atoms with Gasteiger partial charge in [0.05, 0.1) is 0 Å². The Kier molecular flexibility index (Phi) is 8.62. The van der Waals surface area contributed by atoms with Crippen LogP contribution in [0.5, 0.6) is 0 Å². The number of aliphatic imine (C=N–C) groups is 1. The van der Waals surface area contributed by atoms with Crippen LogP contribution in [-0.4, -0.2) is 25.6 Å². The second-order valence-corrected chi connectivity index (χ2v) is 4.28. The van der Waals surface area contributed by atoms with E-state index < -0.39 is 11.6 Å². The van der Waals surface area contributed by atoms with Gasteiger partial charge in [-0.15, -0.1) is 24.0 Å². The predicted octanol–water partition coefficient (Wildman–Crippen LogP) is 2.70. The molecule has 0 aliphatic heterocycles. The molecule has 0 spiro atoms. The Hall–Kier alpha value is -0.920. The average Bonchev–Trinajstić information content (AvgIpc) is 2.30. The highest BCUT2D eigenvalue weighted by Gasteiger charge is 2.04. The molecule has 0 saturated heterocycles. The third-order valence-corrected chi connectivity index (χ3v) is 2.35. The minimum Gasteiger partial charge on any atom is -0.356 e. The molecule has 0 saturated carbocycles. The van der Waals surface area contributed by atoms with Crippen molar-refractivity contribution in [2.24, 2.45) is 4.99 Å². The summed E-state index contributed by atoms with van der Waals surface area (Å²) >= 11 is 0. The Morgan fingerprint density at radius 2 is 2.00 bits per heavy atom. The molecule has 0 aliphatic carbocycles. The molecule has 0 bridgehead atoms. The molecule has 2 N–H and O–H groups in total. The normalized spacial score (nSPS) is 11.2. The van der Waals surface area contributed by atoms with Crippen molar-refractivity contribution in [1.82, 2.24) is 10.6 Å². The molecule has 0 heterocycles. The maximum absolute atomic E-state index is 13.4. The zero-order valence-electron chi connectivity index (χ0n) is 11.3. The number of nitrogens with one attached hydrogen (secondary N) is 2. The lowest BCUT2D eigenvalue weighted by Gasteiger charge is -2.14. The van der Waals surface area contributed by atoms with Gasteiger partial charge in [0, 0.05) is 25.7 Å². The Morgan fingerprint density at radius 3 is 2.53 bits per heavy atom. The standard InChI is InChI=1S/C13H19F2N3.HI/c1-9(2)18-13(16-3)17-7-6-10-4-5-11(14)8-12(10)15;/h4-5,8-9H,6-7H2,1-3H3,(H2,16,17,18);1H. The van der Waals surface area contributed by atoms with Crippen LogP contribution in [0.2, 0.25) is 0 Å². The number of benzene rings is 1. The van der Waals surface area contributed by atoms with E-state index in [-0.39, 0.29) is 30.0 Å². The number of guanidine groups is 1. The van der Waals surface area contributed by atoms with Crippen molar-refractivity contribution in [2.75, 3.05) is 13.6 Å². The summed E-state index contributed by atoms with van der Waals surface area (Å²) in [7, 11) is 1.68. The summed E-state index contributed by atoms with van der Waals surface area (Å²) in [5.41, 5.74) is 0.490. The fourth-order valence-electron chi connectivity index (χ4n) is 1.51. The second kappa shape index (κ2) is 9.06. The van der Waals surface area contributed by atoms with Gasteiger partial charge in [-0.2, -0.15) is 0 Å². The molecule has 0 atom stereocenters. The second-order valence-electron chi connectivity index (χ2n) is 4.28. The summed E-state index contributed by atoms with van der Waals surface area (Å²) in [6.07, 6.45) is 0.477. The first kappa shape index (κ1) is 18.1. The molecular weight excluding hydrogens is 363 g/mol. The van der Waals surface area contributed by atoms with E-state index >= 15 is 0 Å². The van der Waals surface area contributed by atoms with Crippen LogP contribution >= 0.6 is 24.0 Å². The first-order valence-corrected chi connectivity index (χ1v) is 5.94. The molecule has 0 radical (unpaired) electrons. The Balaban J connectivity index is 0.00000324. The van der Waals surface area contributed by atoms with E-state index in [0.717, 1.165) is 6.07 Å². The van der Waals surface area contributed by atoms with E-state index in [1.54, 1.807) is 7.05 Å². The molecule has 3 nitrogen and oxygen atoms in total. The van der Waals surface area contributed by atoms with Crippen molar-refractivity contribution in [1.29, 1.82) is 0 Å². The highest BCUT2D eigenvalue weighted by atomic mass is 127. The monoisotopic (exact) mass is 383 g/mol. The zero-order chi connectivity index (χ0) is 13.5. The fourth-order valence-corrected chi connectivity index (χ4v) is 1.51. The van der Waals surface area contributed by atoms with Crippen molar-refractivity contribution < 1.29 is 8.78 Å². The van der Waals surface area contributed by atoms with Crippen molar-refractivity contribution in [2.45, 2.75) is 26.3 Å². The van der Waals surface area contributed by atoms with E-state index in [0.29, 0.717) is 24.5 Å². The van der Waals surface area contributed by atoms with Crippen LogP contribution in [0.4, 0.5) is 8.78 Å². The third kappa shape index (κ3) is 6.70. The van der Waals surface area contributed by atoms with E-state index in [4.69, 9.17) is 0 Å². The van der Waals surface area contributed by atoms with E-state index in [1.807, 2.05) is 13.8 Å². The Bertz CT molecular complexity index is 422. The Morgan fingerprint density at radius 1 is 1.32 bits per heavy atom. The van der Waals surface area contributed by atoms with Gasteiger partial charge in [-0.25, -0.2) is 8.78 Å². The molecule has 108 valence electrons. The van der Waals surface area contributed by atoms with Gasteiger partial charge in [0.1, 0.15) is 11.6 Å². The summed E-state index contributed by atoms with van der Waals surface area (Å²) in [6, 6.07) is 3.90. The van der Waals surface area contributed by atoms with Gasteiger partial charge < -0.3 is 10.6 Å². The van der Waals surface area contributed by atoms with Crippen molar-refractivity contribution in [3.05, 3.63) is 35.4 Å². The molecule has 1 aromatic rings. The summed E-state index contributed by atoms with van der Waals surface area (Å²) in [5.74, 6) is -0.391. The van der Waals surface area contributed by atoms with E-state index in [1.165, 1.54) is 12.1 Å². The van der Waals surface area contributed by atoms with Crippen LogP contribution < -0.4 is 10.6 Å². The minimum absolute atomic E-state index is 0. The van der Waals surface area contributed by atoms with Crippen LogP contribution in [0.15, 0.2) is 23.2 Å². The number of hydrogen-bond donors (Lipinski definition) is 2. The van der Waals surface area contributed by atoms with Crippen molar-refractivity contribution in [3.63, 3.8) is 0 Å². The lowest BCUT2D eigenvalue weighted by molar-refractivity contribution is 0.570. The lowest BCUT2D eigenvalue weighted by Crippen LogP contribution is -2.41. The van der Waals surface area contributed by atoms with Gasteiger partial charge in [-0.05, 0) is 31.9 Å². The highest BCUT2D eigenvalue weighted by Crippen LogP contribution is 2.09. The van der Waals surface area contributed by atoms with Gasteiger partial charge >= 0.3 is 0 Å². The molecule has 0 amide bonds. The molecule has 19 heavy (non-hydrogen) atoms. The predicted molar refractivity (Wildman–Crippen MR) is 85.1 cm³/mol. The number of halogens is 3. The molecule has 0 fully saturated rings. The van der Waals surface area contributed by atoms with E-state index in [2.05, 4.69) is 15.6 Å². The smallest absolute Gasteiger partial charge is 0.191 e. The largest absolute Gasteiger partial charge is 0.356 e. The quantitative estimate of drug-likeness (QED) is 0.477. The van der Waals surface area contributed by atoms with Crippen molar-refractivity contribution >= 4 is 29.9 Å². The topological polar surface area (TPSA) is 36.4 Å². The van der Waals surface area contributed by atoms with Crippen LogP contribution in [0.25, 0.3) is 0 Å². The molecule has 0 aliphatic rings. The van der Waals surface area contributed by atoms with Crippen LogP contribution in [0.3, 0.4) is 0 Å². The molecule has 6 heteroatoms. The average molecular weight is 383 g/mol. The molecule has 1 aromatic carbocycles. The fraction of sp³-hybridized carbons (Fsp3) is 0.462. The lowest BCUT2D eigenvalue weighted by atomic mass is 10.1. The summed E-state index contributed by atoms with van der Waals surface area (Å²) in [5, 5.41) is 6.19. The number of nitrogens with zero attached hydrogens (tertiary/aromatic N) is 1. The van der Waals surface area contributed by atoms with Gasteiger partial charge in [0.2, 0.25) is 0 Å². The van der Waals surface area contributed by atoms with E-state index in [9.17, 15) is 8.78 Å². The third-order valence-electron chi connectivity index (χ3n) is 2.35. The Labute approximate surface area is 129 Å². The van der Waals surface area contributed by atoms with Crippen LogP contribution in [0, 0.1) is 11.6 Å². The summed E-state index contributed by atoms with van der Waals surface area (Å²) in [6.45, 7) is 4.55. The van der Waals surface area contributed by atoms with Crippen LogP contribution in [0.1, 0.15) is 19.4 Å². The van der Waals surface area contributed by atoms with Crippen LogP contribution in [-0.2, 0) is 6.42 Å². The summed E-state index contributed by atoms with van der Waals surface area (Å²) in [4.78, 5) is 4.04. The molecule has 1 rings (SSSR count). The van der Waals surface area contributed by atoms with Gasteiger partial charge in [0.15, 0.2) is 5.96 Å². The first-order chi connectivity index (χ1) is 8.52. The maximum atomic E-state index is 13.4. The first-order valence-electron chi connectivity index (χ1n) is 5.94. The minimum atomic E-state index is -0.554. The zero-order valence-corrected chi connectivity index (χ0v) is 13.7. The van der Waals surface area contributed by atoms with Gasteiger partial charge in [0.25, 0.3) is 0 Å². The SMILES string of the molecule is CN=C(NCCc1ccc(F)cc1F)NC(C)C.I. The molecule has 0 aromatic heterocycles. The molecular formula is C13H20F2IN3. The highest BCUT2D eigenvalue weighted by molar-refractivity contribution is 14.0. The maximum Gasteiger partial charge on any atom is 0.191 e. The number of rotatable bonds is 4. The van der Waals surface area contributed by atoms with Gasteiger partial charge in [-0.1, -0.05) is 6.07 Å². The van der Waals surface area contributed by atoms with Crippen molar-refractivity contribution in [3.8, 4) is 0 Å². The number of hydrogen-bond acceptors (Lipinski definition) is 1.